The molecule has 0 aliphatic heterocycles. The van der Waals surface area contributed by atoms with Gasteiger partial charge in [-0.2, -0.15) is 0 Å². The number of carbonyl (C=O) groups excluding carboxylic acids is 1. The summed E-state index contributed by atoms with van der Waals surface area (Å²) in [5, 5.41) is 2.89. The normalized spacial score (nSPS) is 11.6. The quantitative estimate of drug-likeness (QED) is 0.782. The Morgan fingerprint density at radius 1 is 0.962 bits per heavy atom. The molecule has 26 heavy (non-hydrogen) atoms. The van der Waals surface area contributed by atoms with Gasteiger partial charge >= 0.3 is 0 Å². The molecule has 2 rings (SSSR count). The van der Waals surface area contributed by atoms with Crippen molar-refractivity contribution in [3.63, 3.8) is 0 Å². The smallest absolute Gasteiger partial charge is 0.251 e. The van der Waals surface area contributed by atoms with Gasteiger partial charge in [-0.25, -0.2) is 13.1 Å². The van der Waals surface area contributed by atoms with Gasteiger partial charge in [-0.15, -0.1) is 0 Å². The molecular formula is C20H26N2O3S. The van der Waals surface area contributed by atoms with Crippen LogP contribution in [0.25, 0.3) is 0 Å². The van der Waals surface area contributed by atoms with Gasteiger partial charge in [0.25, 0.3) is 5.91 Å². The third kappa shape index (κ3) is 6.28. The highest BCUT2D eigenvalue weighted by Gasteiger charge is 2.13. The van der Waals surface area contributed by atoms with Crippen molar-refractivity contribution in [1.29, 1.82) is 0 Å². The standard InChI is InChI=1S/C20H26N2O3S/c1-14(2)22-26(24,25)13-18-7-5-17(6-8-18)12-21-20(23)19-10-15(3)9-16(4)11-19/h5-11,14,22H,12-13H2,1-4H3,(H,21,23). The third-order valence-electron chi connectivity index (χ3n) is 3.73. The number of sulfonamides is 1. The molecule has 0 bridgehead atoms. The molecule has 2 N–H and O–H groups in total. The molecule has 0 saturated heterocycles. The predicted molar refractivity (Wildman–Crippen MR) is 104 cm³/mol. The summed E-state index contributed by atoms with van der Waals surface area (Å²) < 4.78 is 26.5. The summed E-state index contributed by atoms with van der Waals surface area (Å²) in [6.45, 7) is 7.90. The van der Waals surface area contributed by atoms with Crippen LogP contribution in [0.15, 0.2) is 42.5 Å². The first kappa shape index (κ1) is 20.1. The topological polar surface area (TPSA) is 75.3 Å². The number of hydrogen-bond donors (Lipinski definition) is 2. The van der Waals surface area contributed by atoms with Gasteiger partial charge in [0.05, 0.1) is 5.75 Å². The van der Waals surface area contributed by atoms with E-state index in [2.05, 4.69) is 10.0 Å². The Morgan fingerprint density at radius 3 is 2.04 bits per heavy atom. The number of hydrogen-bond acceptors (Lipinski definition) is 3. The van der Waals surface area contributed by atoms with Gasteiger partial charge in [-0.1, -0.05) is 41.5 Å². The Bertz CT molecular complexity index is 852. The Kier molecular flexibility index (Phi) is 6.56. The summed E-state index contributed by atoms with van der Waals surface area (Å²) in [6, 6.07) is 12.8. The van der Waals surface area contributed by atoms with Crippen molar-refractivity contribution in [1.82, 2.24) is 10.0 Å². The number of nitrogens with one attached hydrogen (secondary N) is 2. The van der Waals surface area contributed by atoms with Gasteiger partial charge in [0, 0.05) is 18.2 Å². The average molecular weight is 375 g/mol. The van der Waals surface area contributed by atoms with Crippen LogP contribution in [-0.4, -0.2) is 20.4 Å². The lowest BCUT2D eigenvalue weighted by atomic mass is 10.1. The van der Waals surface area contributed by atoms with Crippen LogP contribution in [0, 0.1) is 13.8 Å². The molecule has 2 aromatic carbocycles. The molecule has 6 heteroatoms. The highest BCUT2D eigenvalue weighted by molar-refractivity contribution is 7.88. The third-order valence-corrected chi connectivity index (χ3v) is 5.28. The van der Waals surface area contributed by atoms with Crippen molar-refractivity contribution in [2.24, 2.45) is 0 Å². The molecule has 0 saturated carbocycles. The molecule has 0 heterocycles. The van der Waals surface area contributed by atoms with E-state index in [1.54, 1.807) is 26.0 Å². The van der Waals surface area contributed by atoms with E-state index in [-0.39, 0.29) is 17.7 Å². The Hall–Kier alpha value is -2.18. The van der Waals surface area contributed by atoms with Gasteiger partial charge in [0.2, 0.25) is 10.0 Å². The van der Waals surface area contributed by atoms with Crippen LogP contribution in [0.4, 0.5) is 0 Å². The monoisotopic (exact) mass is 374 g/mol. The largest absolute Gasteiger partial charge is 0.348 e. The van der Waals surface area contributed by atoms with Crippen LogP contribution < -0.4 is 10.0 Å². The molecule has 140 valence electrons. The zero-order valence-electron chi connectivity index (χ0n) is 15.7. The molecule has 2 aromatic rings. The maximum absolute atomic E-state index is 12.3. The second kappa shape index (κ2) is 8.47. The van der Waals surface area contributed by atoms with E-state index in [4.69, 9.17) is 0 Å². The van der Waals surface area contributed by atoms with Gasteiger partial charge in [0.1, 0.15) is 0 Å². The van der Waals surface area contributed by atoms with E-state index >= 15 is 0 Å². The fourth-order valence-electron chi connectivity index (χ4n) is 2.76. The first-order valence-electron chi connectivity index (χ1n) is 8.59. The molecule has 0 atom stereocenters. The van der Waals surface area contributed by atoms with Gasteiger partial charge < -0.3 is 5.32 Å². The summed E-state index contributed by atoms with van der Waals surface area (Å²) in [5.41, 5.74) is 4.37. The van der Waals surface area contributed by atoms with Crippen LogP contribution in [0.3, 0.4) is 0 Å². The highest BCUT2D eigenvalue weighted by atomic mass is 32.2. The molecule has 5 nitrogen and oxygen atoms in total. The maximum Gasteiger partial charge on any atom is 0.251 e. The lowest BCUT2D eigenvalue weighted by molar-refractivity contribution is 0.0950. The average Bonchev–Trinajstić information content (AvgIpc) is 2.51. The van der Waals surface area contributed by atoms with Gasteiger partial charge in [-0.05, 0) is 51.0 Å². The van der Waals surface area contributed by atoms with Crippen LogP contribution in [0.5, 0.6) is 0 Å². The molecule has 0 spiro atoms. The molecule has 0 fully saturated rings. The van der Waals surface area contributed by atoms with E-state index < -0.39 is 10.0 Å². The van der Waals surface area contributed by atoms with Crippen molar-refractivity contribution in [3.8, 4) is 0 Å². The molecule has 0 radical (unpaired) electrons. The van der Waals surface area contributed by atoms with Crippen LogP contribution in [0.1, 0.15) is 46.5 Å². The molecular weight excluding hydrogens is 348 g/mol. The molecule has 1 amide bonds. The summed E-state index contributed by atoms with van der Waals surface area (Å²) >= 11 is 0. The highest BCUT2D eigenvalue weighted by Crippen LogP contribution is 2.11. The number of carbonyl (C=O) groups is 1. The van der Waals surface area contributed by atoms with E-state index in [0.29, 0.717) is 17.7 Å². The Balaban J connectivity index is 1.96. The van der Waals surface area contributed by atoms with Crippen LogP contribution in [0.2, 0.25) is 0 Å². The molecule has 0 unspecified atom stereocenters. The van der Waals surface area contributed by atoms with E-state index in [9.17, 15) is 13.2 Å². The molecule has 0 aliphatic carbocycles. The summed E-state index contributed by atoms with van der Waals surface area (Å²) in [4.78, 5) is 12.3. The van der Waals surface area contributed by atoms with Crippen molar-refractivity contribution < 1.29 is 13.2 Å². The zero-order valence-corrected chi connectivity index (χ0v) is 16.5. The minimum absolute atomic E-state index is 0.0552. The van der Waals surface area contributed by atoms with Crippen molar-refractivity contribution in [3.05, 3.63) is 70.3 Å². The Labute approximate surface area is 155 Å². The van der Waals surface area contributed by atoms with Crippen molar-refractivity contribution in [2.75, 3.05) is 0 Å². The summed E-state index contributed by atoms with van der Waals surface area (Å²) in [5.74, 6) is -0.176. The van der Waals surface area contributed by atoms with Crippen molar-refractivity contribution in [2.45, 2.75) is 46.0 Å². The SMILES string of the molecule is Cc1cc(C)cc(C(=O)NCc2ccc(CS(=O)(=O)NC(C)C)cc2)c1. The number of rotatable bonds is 7. The maximum atomic E-state index is 12.3. The zero-order chi connectivity index (χ0) is 19.3. The fourth-order valence-corrected chi connectivity index (χ4v) is 4.20. The Morgan fingerprint density at radius 2 is 1.50 bits per heavy atom. The minimum atomic E-state index is -3.34. The first-order chi connectivity index (χ1) is 12.1. The predicted octanol–water partition coefficient (Wildman–Crippen LogP) is 3.06. The van der Waals surface area contributed by atoms with E-state index in [1.807, 2.05) is 44.2 Å². The van der Waals surface area contributed by atoms with Crippen LogP contribution >= 0.6 is 0 Å². The van der Waals surface area contributed by atoms with Gasteiger partial charge in [0.15, 0.2) is 0 Å². The number of benzene rings is 2. The lowest BCUT2D eigenvalue weighted by Gasteiger charge is -2.10. The second-order valence-corrected chi connectivity index (χ2v) is 8.66. The second-order valence-electron chi connectivity index (χ2n) is 6.91. The number of amides is 1. The van der Waals surface area contributed by atoms with Gasteiger partial charge in [-0.3, -0.25) is 4.79 Å². The van der Waals surface area contributed by atoms with Crippen LogP contribution in [-0.2, 0) is 22.3 Å². The van der Waals surface area contributed by atoms with Crippen molar-refractivity contribution >= 4 is 15.9 Å². The van der Waals surface area contributed by atoms with E-state index in [1.165, 1.54) is 0 Å². The summed E-state index contributed by atoms with van der Waals surface area (Å²) in [6.07, 6.45) is 0. The number of aryl methyl sites for hydroxylation is 2. The first-order valence-corrected chi connectivity index (χ1v) is 10.2. The molecule has 0 aromatic heterocycles. The minimum Gasteiger partial charge on any atom is -0.348 e. The fraction of sp³-hybridized carbons (Fsp3) is 0.350. The summed E-state index contributed by atoms with van der Waals surface area (Å²) in [7, 11) is -3.34. The van der Waals surface area contributed by atoms with E-state index in [0.717, 1.165) is 16.7 Å². The lowest BCUT2D eigenvalue weighted by Crippen LogP contribution is -2.31. The molecule has 0 aliphatic rings.